The fraction of sp³-hybridized carbons (Fsp3) is 0.300. The molecule has 3 aromatic carbocycles. The van der Waals surface area contributed by atoms with Gasteiger partial charge in [-0.3, -0.25) is 0 Å². The fourth-order valence-corrected chi connectivity index (χ4v) is 5.59. The molecule has 0 aliphatic rings. The Bertz CT molecular complexity index is 814. The van der Waals surface area contributed by atoms with Gasteiger partial charge in [0.05, 0.1) is 0 Å². The highest BCUT2D eigenvalue weighted by Crippen LogP contribution is 2.23. The molecule has 3 aromatic rings. The summed E-state index contributed by atoms with van der Waals surface area (Å²) in [4.78, 5) is 0. The zero-order valence-corrected chi connectivity index (χ0v) is 15.5. The third-order valence-electron chi connectivity index (χ3n) is 4.06. The van der Waals surface area contributed by atoms with Crippen molar-refractivity contribution in [2.75, 3.05) is 19.8 Å². The van der Waals surface area contributed by atoms with Gasteiger partial charge >= 0.3 is 8.80 Å². The van der Waals surface area contributed by atoms with E-state index in [1.807, 2.05) is 20.8 Å². The summed E-state index contributed by atoms with van der Waals surface area (Å²) in [6.07, 6.45) is 0. The van der Waals surface area contributed by atoms with Gasteiger partial charge in [-0.25, -0.2) is 0 Å². The SMILES string of the molecule is CCO[Si](OCC)(OCC)c1ccc2cc3ccccc3cc2c1. The van der Waals surface area contributed by atoms with Gasteiger partial charge in [-0.05, 0) is 60.5 Å². The van der Waals surface area contributed by atoms with Crippen LogP contribution < -0.4 is 5.19 Å². The van der Waals surface area contributed by atoms with Crippen molar-refractivity contribution in [2.45, 2.75) is 20.8 Å². The van der Waals surface area contributed by atoms with Crippen LogP contribution in [0.1, 0.15) is 20.8 Å². The summed E-state index contributed by atoms with van der Waals surface area (Å²) in [5.74, 6) is 0. The summed E-state index contributed by atoms with van der Waals surface area (Å²) in [6, 6.07) is 19.2. The van der Waals surface area contributed by atoms with E-state index in [9.17, 15) is 0 Å². The average Bonchev–Trinajstić information content (AvgIpc) is 2.60. The summed E-state index contributed by atoms with van der Waals surface area (Å²) in [7, 11) is -2.86. The van der Waals surface area contributed by atoms with E-state index in [0.29, 0.717) is 19.8 Å². The molecular weight excluding hydrogens is 316 g/mol. The quantitative estimate of drug-likeness (QED) is 0.475. The molecule has 0 bridgehead atoms. The Hall–Kier alpha value is -1.72. The predicted molar refractivity (Wildman–Crippen MR) is 102 cm³/mol. The monoisotopic (exact) mass is 340 g/mol. The molecule has 0 saturated carbocycles. The maximum absolute atomic E-state index is 6.03. The minimum atomic E-state index is -2.86. The highest BCUT2D eigenvalue weighted by Gasteiger charge is 2.43. The smallest absolute Gasteiger partial charge is 0.370 e. The lowest BCUT2D eigenvalue weighted by atomic mass is 10.0. The second-order valence-corrected chi connectivity index (χ2v) is 8.17. The molecule has 4 heteroatoms. The van der Waals surface area contributed by atoms with E-state index in [4.69, 9.17) is 13.3 Å². The van der Waals surface area contributed by atoms with E-state index in [1.165, 1.54) is 21.5 Å². The van der Waals surface area contributed by atoms with E-state index in [2.05, 4.69) is 54.6 Å². The molecule has 0 fully saturated rings. The Morgan fingerprint density at radius 3 is 1.67 bits per heavy atom. The zero-order chi connectivity index (χ0) is 17.0. The van der Waals surface area contributed by atoms with Crippen molar-refractivity contribution in [1.82, 2.24) is 0 Å². The summed E-state index contributed by atoms with van der Waals surface area (Å²) >= 11 is 0. The van der Waals surface area contributed by atoms with Crippen LogP contribution in [0.2, 0.25) is 0 Å². The molecule has 3 nitrogen and oxygen atoms in total. The molecule has 126 valence electrons. The molecule has 0 aliphatic heterocycles. The Kier molecular flexibility index (Phi) is 5.31. The maximum atomic E-state index is 6.03. The molecule has 0 atom stereocenters. The molecule has 0 unspecified atom stereocenters. The minimum Gasteiger partial charge on any atom is -0.370 e. The Labute approximate surface area is 144 Å². The lowest BCUT2D eigenvalue weighted by molar-refractivity contribution is 0.0859. The number of hydrogen-bond donors (Lipinski definition) is 0. The van der Waals surface area contributed by atoms with E-state index >= 15 is 0 Å². The van der Waals surface area contributed by atoms with Gasteiger partial charge in [0.25, 0.3) is 0 Å². The zero-order valence-electron chi connectivity index (χ0n) is 14.5. The highest BCUT2D eigenvalue weighted by atomic mass is 28.4. The van der Waals surface area contributed by atoms with Crippen LogP contribution in [0, 0.1) is 0 Å². The minimum absolute atomic E-state index is 0.571. The van der Waals surface area contributed by atoms with Crippen molar-refractivity contribution in [3.63, 3.8) is 0 Å². The van der Waals surface area contributed by atoms with Crippen LogP contribution in [0.3, 0.4) is 0 Å². The largest absolute Gasteiger partial charge is 0.537 e. The van der Waals surface area contributed by atoms with E-state index < -0.39 is 8.80 Å². The van der Waals surface area contributed by atoms with Crippen molar-refractivity contribution in [1.29, 1.82) is 0 Å². The van der Waals surface area contributed by atoms with Gasteiger partial charge < -0.3 is 13.3 Å². The first-order valence-corrected chi connectivity index (χ1v) is 10.3. The first-order chi connectivity index (χ1) is 11.7. The number of hydrogen-bond acceptors (Lipinski definition) is 3. The third kappa shape index (κ3) is 3.23. The van der Waals surface area contributed by atoms with Gasteiger partial charge in [0.1, 0.15) is 0 Å². The fourth-order valence-electron chi connectivity index (χ4n) is 3.08. The number of benzene rings is 3. The topological polar surface area (TPSA) is 27.7 Å². The molecule has 0 spiro atoms. The second-order valence-electron chi connectivity index (χ2n) is 5.62. The van der Waals surface area contributed by atoms with Crippen LogP contribution in [0.4, 0.5) is 0 Å². The summed E-state index contributed by atoms with van der Waals surface area (Å²) in [6.45, 7) is 7.66. The second kappa shape index (κ2) is 7.45. The normalized spacial score (nSPS) is 12.1. The summed E-state index contributed by atoms with van der Waals surface area (Å²) in [5, 5.41) is 5.90. The van der Waals surface area contributed by atoms with E-state index in [1.54, 1.807) is 0 Å². The lowest BCUT2D eigenvalue weighted by Crippen LogP contribution is -2.56. The van der Waals surface area contributed by atoms with Crippen molar-refractivity contribution in [3.05, 3.63) is 54.6 Å². The number of rotatable bonds is 7. The standard InChI is InChI=1S/C20H24O3Si/c1-4-21-24(22-5-2,23-6-3)20-12-11-18-13-16-9-7-8-10-17(16)14-19(18)15-20/h7-15H,4-6H2,1-3H3. The molecule has 0 N–H and O–H groups in total. The molecule has 0 heterocycles. The molecule has 24 heavy (non-hydrogen) atoms. The Morgan fingerprint density at radius 1 is 0.625 bits per heavy atom. The van der Waals surface area contributed by atoms with Gasteiger partial charge in [0.2, 0.25) is 0 Å². The van der Waals surface area contributed by atoms with E-state index in [0.717, 1.165) is 5.19 Å². The van der Waals surface area contributed by atoms with Crippen LogP contribution in [0.25, 0.3) is 21.5 Å². The molecular formula is C20H24O3Si. The van der Waals surface area contributed by atoms with Crippen molar-refractivity contribution < 1.29 is 13.3 Å². The van der Waals surface area contributed by atoms with Crippen LogP contribution >= 0.6 is 0 Å². The first kappa shape index (κ1) is 17.1. The molecule has 0 radical (unpaired) electrons. The van der Waals surface area contributed by atoms with Crippen molar-refractivity contribution >= 4 is 35.5 Å². The van der Waals surface area contributed by atoms with Gasteiger partial charge in [-0.2, -0.15) is 0 Å². The molecule has 0 aliphatic carbocycles. The van der Waals surface area contributed by atoms with Crippen LogP contribution in [-0.4, -0.2) is 28.6 Å². The lowest BCUT2D eigenvalue weighted by Gasteiger charge is -2.28. The summed E-state index contributed by atoms with van der Waals surface area (Å²) in [5.41, 5.74) is 0. The number of fused-ring (bicyclic) bond motifs is 2. The maximum Gasteiger partial charge on any atom is 0.537 e. The molecule has 3 rings (SSSR count). The summed E-state index contributed by atoms with van der Waals surface area (Å²) < 4.78 is 18.1. The van der Waals surface area contributed by atoms with Crippen LogP contribution in [0.5, 0.6) is 0 Å². The molecule has 0 amide bonds. The molecule has 0 aromatic heterocycles. The Morgan fingerprint density at radius 2 is 1.12 bits per heavy atom. The predicted octanol–water partition coefficient (Wildman–Crippen LogP) is 4.25. The van der Waals surface area contributed by atoms with Gasteiger partial charge in [-0.1, -0.05) is 36.4 Å². The van der Waals surface area contributed by atoms with Gasteiger partial charge in [0, 0.05) is 25.0 Å². The van der Waals surface area contributed by atoms with Crippen LogP contribution in [0.15, 0.2) is 54.6 Å². The highest BCUT2D eigenvalue weighted by molar-refractivity contribution is 6.75. The van der Waals surface area contributed by atoms with Crippen molar-refractivity contribution in [3.8, 4) is 0 Å². The van der Waals surface area contributed by atoms with E-state index in [-0.39, 0.29) is 0 Å². The first-order valence-electron chi connectivity index (χ1n) is 8.57. The molecule has 0 saturated heterocycles. The van der Waals surface area contributed by atoms with Gasteiger partial charge in [-0.15, -0.1) is 0 Å². The Balaban J connectivity index is 2.14. The third-order valence-corrected chi connectivity index (χ3v) is 7.09. The van der Waals surface area contributed by atoms with Crippen LogP contribution in [-0.2, 0) is 13.3 Å². The van der Waals surface area contributed by atoms with Gasteiger partial charge in [0.15, 0.2) is 0 Å². The van der Waals surface area contributed by atoms with Crippen molar-refractivity contribution in [2.24, 2.45) is 0 Å². The average molecular weight is 340 g/mol.